The average Bonchev–Trinajstić information content (AvgIpc) is 2.96. The van der Waals surface area contributed by atoms with Crippen LogP contribution in [0, 0.1) is 6.92 Å². The average molecular weight is 412 g/mol. The van der Waals surface area contributed by atoms with Crippen molar-refractivity contribution in [3.63, 3.8) is 0 Å². The maximum Gasteiger partial charge on any atom is 0.338 e. The SMILES string of the molecule is CCOC(=O)c1ccc(NC(=O)C[C@H]2SC(=O)N(c3ccccc3C)C2=O)cc1. The summed E-state index contributed by atoms with van der Waals surface area (Å²) in [6, 6.07) is 13.4. The van der Waals surface area contributed by atoms with Gasteiger partial charge in [-0.15, -0.1) is 0 Å². The molecule has 150 valence electrons. The van der Waals surface area contributed by atoms with Crippen molar-refractivity contribution in [3.05, 3.63) is 59.7 Å². The van der Waals surface area contributed by atoms with E-state index < -0.39 is 17.1 Å². The highest BCUT2D eigenvalue weighted by Crippen LogP contribution is 2.35. The van der Waals surface area contributed by atoms with E-state index in [-0.39, 0.29) is 24.2 Å². The molecule has 0 saturated carbocycles. The lowest BCUT2D eigenvalue weighted by atomic mass is 10.1. The molecule has 1 aliphatic rings. The molecule has 1 fully saturated rings. The van der Waals surface area contributed by atoms with Crippen LogP contribution >= 0.6 is 11.8 Å². The Balaban J connectivity index is 1.62. The molecule has 29 heavy (non-hydrogen) atoms. The Labute approximate surface area is 172 Å². The monoisotopic (exact) mass is 412 g/mol. The second-order valence-electron chi connectivity index (χ2n) is 6.38. The van der Waals surface area contributed by atoms with E-state index in [0.29, 0.717) is 16.9 Å². The zero-order valence-corrected chi connectivity index (χ0v) is 16.8. The van der Waals surface area contributed by atoms with Gasteiger partial charge in [-0.05, 0) is 61.5 Å². The minimum Gasteiger partial charge on any atom is -0.462 e. The van der Waals surface area contributed by atoms with Gasteiger partial charge < -0.3 is 10.1 Å². The third kappa shape index (κ3) is 4.65. The number of ether oxygens (including phenoxy) is 1. The Kier molecular flexibility index (Phi) is 6.33. The van der Waals surface area contributed by atoms with Gasteiger partial charge in [0.05, 0.1) is 17.9 Å². The van der Waals surface area contributed by atoms with Gasteiger partial charge in [-0.1, -0.05) is 18.2 Å². The molecule has 0 spiro atoms. The number of hydrogen-bond acceptors (Lipinski definition) is 6. The minimum absolute atomic E-state index is 0.128. The summed E-state index contributed by atoms with van der Waals surface area (Å²) in [5.41, 5.74) is 2.21. The predicted molar refractivity (Wildman–Crippen MR) is 111 cm³/mol. The van der Waals surface area contributed by atoms with Gasteiger partial charge in [0.2, 0.25) is 11.8 Å². The zero-order chi connectivity index (χ0) is 21.0. The van der Waals surface area contributed by atoms with Crippen molar-refractivity contribution in [1.29, 1.82) is 0 Å². The zero-order valence-electron chi connectivity index (χ0n) is 16.0. The Morgan fingerprint density at radius 3 is 2.45 bits per heavy atom. The summed E-state index contributed by atoms with van der Waals surface area (Å²) in [6.45, 7) is 3.82. The molecule has 7 nitrogen and oxygen atoms in total. The van der Waals surface area contributed by atoms with Crippen LogP contribution in [-0.2, 0) is 14.3 Å². The second-order valence-corrected chi connectivity index (χ2v) is 7.54. The number of rotatable bonds is 6. The first-order chi connectivity index (χ1) is 13.9. The quantitative estimate of drug-likeness (QED) is 0.726. The summed E-state index contributed by atoms with van der Waals surface area (Å²) in [5.74, 6) is -1.23. The molecule has 0 bridgehead atoms. The van der Waals surface area contributed by atoms with Gasteiger partial charge in [0.1, 0.15) is 5.25 Å². The fraction of sp³-hybridized carbons (Fsp3) is 0.238. The van der Waals surface area contributed by atoms with Crippen molar-refractivity contribution in [3.8, 4) is 0 Å². The number of carbonyl (C=O) groups is 4. The molecule has 0 aliphatic carbocycles. The highest BCUT2D eigenvalue weighted by molar-refractivity contribution is 8.15. The molecular weight excluding hydrogens is 392 g/mol. The van der Waals surface area contributed by atoms with E-state index in [1.165, 1.54) is 0 Å². The number of amides is 3. The van der Waals surface area contributed by atoms with Gasteiger partial charge >= 0.3 is 5.97 Å². The molecule has 1 atom stereocenters. The molecule has 2 aromatic carbocycles. The molecule has 0 radical (unpaired) electrons. The second kappa shape index (κ2) is 8.91. The van der Waals surface area contributed by atoms with E-state index in [9.17, 15) is 19.2 Å². The number of carbonyl (C=O) groups excluding carboxylic acids is 4. The molecule has 0 unspecified atom stereocenters. The van der Waals surface area contributed by atoms with Crippen LogP contribution in [0.15, 0.2) is 48.5 Å². The van der Waals surface area contributed by atoms with Crippen LogP contribution < -0.4 is 10.2 Å². The number of nitrogens with zero attached hydrogens (tertiary/aromatic N) is 1. The van der Waals surface area contributed by atoms with Crippen molar-refractivity contribution in [2.24, 2.45) is 0 Å². The molecule has 1 heterocycles. The van der Waals surface area contributed by atoms with E-state index in [1.54, 1.807) is 43.3 Å². The summed E-state index contributed by atoms with van der Waals surface area (Å²) in [6.07, 6.45) is -0.128. The molecule has 3 rings (SSSR count). The van der Waals surface area contributed by atoms with Crippen LogP contribution in [-0.4, -0.2) is 34.9 Å². The van der Waals surface area contributed by atoms with E-state index in [1.807, 2.05) is 19.1 Å². The number of thioether (sulfide) groups is 1. The van der Waals surface area contributed by atoms with Crippen LogP contribution in [0.2, 0.25) is 0 Å². The van der Waals surface area contributed by atoms with Gasteiger partial charge in [-0.2, -0.15) is 0 Å². The van der Waals surface area contributed by atoms with Crippen LogP contribution in [0.5, 0.6) is 0 Å². The fourth-order valence-corrected chi connectivity index (χ4v) is 3.88. The summed E-state index contributed by atoms with van der Waals surface area (Å²) >= 11 is 0.851. The largest absolute Gasteiger partial charge is 0.462 e. The number of aryl methyl sites for hydroxylation is 1. The van der Waals surface area contributed by atoms with E-state index >= 15 is 0 Å². The number of hydrogen-bond donors (Lipinski definition) is 1. The highest BCUT2D eigenvalue weighted by Gasteiger charge is 2.42. The molecule has 1 aliphatic heterocycles. The number of benzene rings is 2. The Hall–Kier alpha value is -3.13. The van der Waals surface area contributed by atoms with E-state index in [4.69, 9.17) is 4.74 Å². The first kappa shape index (κ1) is 20.6. The first-order valence-electron chi connectivity index (χ1n) is 9.08. The summed E-state index contributed by atoms with van der Waals surface area (Å²) in [7, 11) is 0. The molecule has 3 amide bonds. The van der Waals surface area contributed by atoms with Crippen molar-refractivity contribution in [1.82, 2.24) is 0 Å². The lowest BCUT2D eigenvalue weighted by molar-refractivity contribution is -0.121. The van der Waals surface area contributed by atoms with Crippen LogP contribution in [0.1, 0.15) is 29.3 Å². The van der Waals surface area contributed by atoms with Gasteiger partial charge in [-0.25, -0.2) is 9.69 Å². The van der Waals surface area contributed by atoms with Gasteiger partial charge in [0.25, 0.3) is 5.24 Å². The van der Waals surface area contributed by atoms with Gasteiger partial charge in [0.15, 0.2) is 0 Å². The van der Waals surface area contributed by atoms with Crippen molar-refractivity contribution in [2.75, 3.05) is 16.8 Å². The number of para-hydroxylation sites is 1. The molecule has 1 saturated heterocycles. The Bertz CT molecular complexity index is 958. The van der Waals surface area contributed by atoms with Crippen LogP contribution in [0.4, 0.5) is 16.2 Å². The molecule has 2 aromatic rings. The van der Waals surface area contributed by atoms with Crippen LogP contribution in [0.3, 0.4) is 0 Å². The Morgan fingerprint density at radius 2 is 1.79 bits per heavy atom. The summed E-state index contributed by atoms with van der Waals surface area (Å²) < 4.78 is 4.91. The topological polar surface area (TPSA) is 92.8 Å². The van der Waals surface area contributed by atoms with Gasteiger partial charge in [-0.3, -0.25) is 14.4 Å². The standard InChI is InChI=1S/C21H20N2O5S/c1-3-28-20(26)14-8-10-15(11-9-14)22-18(24)12-17-19(25)23(21(27)29-17)16-7-5-4-6-13(16)2/h4-11,17H,3,12H2,1-2H3,(H,22,24)/t17-/m1/s1. The lowest BCUT2D eigenvalue weighted by Crippen LogP contribution is -2.33. The first-order valence-corrected chi connectivity index (χ1v) is 9.96. The number of imide groups is 1. The number of esters is 1. The normalized spacial score (nSPS) is 16.1. The maximum absolute atomic E-state index is 12.7. The van der Waals surface area contributed by atoms with Crippen molar-refractivity contribution in [2.45, 2.75) is 25.5 Å². The number of anilines is 2. The van der Waals surface area contributed by atoms with Crippen LogP contribution in [0.25, 0.3) is 0 Å². The summed E-state index contributed by atoms with van der Waals surface area (Å²) in [4.78, 5) is 50.2. The highest BCUT2D eigenvalue weighted by atomic mass is 32.2. The van der Waals surface area contributed by atoms with Crippen molar-refractivity contribution < 1.29 is 23.9 Å². The minimum atomic E-state index is -0.777. The lowest BCUT2D eigenvalue weighted by Gasteiger charge is -2.16. The maximum atomic E-state index is 12.7. The van der Waals surface area contributed by atoms with E-state index in [0.717, 1.165) is 22.2 Å². The fourth-order valence-electron chi connectivity index (χ4n) is 2.90. The van der Waals surface area contributed by atoms with Gasteiger partial charge in [0, 0.05) is 12.1 Å². The van der Waals surface area contributed by atoms with E-state index in [2.05, 4.69) is 5.32 Å². The smallest absolute Gasteiger partial charge is 0.338 e. The van der Waals surface area contributed by atoms with Crippen molar-refractivity contribution >= 4 is 46.2 Å². The Morgan fingerprint density at radius 1 is 1.10 bits per heavy atom. The molecule has 1 N–H and O–H groups in total. The molecule has 8 heteroatoms. The predicted octanol–water partition coefficient (Wildman–Crippen LogP) is 3.77. The molecular formula is C21H20N2O5S. The number of nitrogens with one attached hydrogen (secondary N) is 1. The third-order valence-electron chi connectivity index (χ3n) is 4.33. The summed E-state index contributed by atoms with van der Waals surface area (Å²) in [5, 5.41) is 1.52. The molecule has 0 aromatic heterocycles. The third-order valence-corrected chi connectivity index (χ3v) is 5.37.